The van der Waals surface area contributed by atoms with Gasteiger partial charge in [-0.05, 0) is 38.3 Å². The van der Waals surface area contributed by atoms with Crippen molar-refractivity contribution in [3.05, 3.63) is 39.8 Å². The first-order valence-electron chi connectivity index (χ1n) is 6.15. The number of aromatic nitrogens is 2. The van der Waals surface area contributed by atoms with E-state index in [9.17, 15) is 0 Å². The molecule has 0 saturated carbocycles. The van der Waals surface area contributed by atoms with Crippen molar-refractivity contribution < 1.29 is 0 Å². The maximum atomic E-state index is 9.01. The highest BCUT2D eigenvalue weighted by molar-refractivity contribution is 7.09. The fraction of sp³-hybridized carbons (Fsp3) is 0.357. The Balaban J connectivity index is 2.34. The predicted molar refractivity (Wildman–Crippen MR) is 77.1 cm³/mol. The summed E-state index contributed by atoms with van der Waals surface area (Å²) in [4.78, 5) is 12.1. The quantitative estimate of drug-likeness (QED) is 0.858. The Labute approximate surface area is 117 Å². The van der Waals surface area contributed by atoms with E-state index in [1.54, 1.807) is 17.4 Å². The van der Waals surface area contributed by atoms with Crippen LogP contribution in [0.4, 0.5) is 5.95 Å². The molecule has 0 unspecified atom stereocenters. The summed E-state index contributed by atoms with van der Waals surface area (Å²) in [7, 11) is 0. The molecule has 2 aromatic rings. The number of hydrogen-bond acceptors (Lipinski definition) is 5. The van der Waals surface area contributed by atoms with Crippen molar-refractivity contribution in [2.75, 3.05) is 4.90 Å². The number of anilines is 1. The Morgan fingerprint density at radius 3 is 2.79 bits per heavy atom. The van der Waals surface area contributed by atoms with E-state index in [0.29, 0.717) is 11.6 Å². The van der Waals surface area contributed by atoms with Gasteiger partial charge in [0.1, 0.15) is 11.8 Å². The largest absolute Gasteiger partial charge is 0.333 e. The van der Waals surface area contributed by atoms with E-state index in [1.165, 1.54) is 4.88 Å². The molecule has 0 amide bonds. The Bertz CT molecular complexity index is 584. The summed E-state index contributed by atoms with van der Waals surface area (Å²) in [5.41, 5.74) is 1.23. The number of rotatable bonds is 4. The zero-order valence-electron chi connectivity index (χ0n) is 11.3. The first kappa shape index (κ1) is 13.5. The van der Waals surface area contributed by atoms with Crippen molar-refractivity contribution in [3.63, 3.8) is 0 Å². The smallest absolute Gasteiger partial charge is 0.227 e. The first-order chi connectivity index (χ1) is 9.10. The third kappa shape index (κ3) is 3.30. The molecule has 0 aliphatic heterocycles. The second kappa shape index (κ2) is 5.81. The third-order valence-electron chi connectivity index (χ3n) is 2.74. The summed E-state index contributed by atoms with van der Waals surface area (Å²) in [6, 6.07) is 8.20. The summed E-state index contributed by atoms with van der Waals surface area (Å²) in [5, 5.41) is 11.1. The van der Waals surface area contributed by atoms with Crippen molar-refractivity contribution >= 4 is 17.3 Å². The van der Waals surface area contributed by atoms with Gasteiger partial charge in [0, 0.05) is 16.6 Å². The van der Waals surface area contributed by atoms with Crippen LogP contribution in [0.2, 0.25) is 0 Å². The van der Waals surface area contributed by atoms with E-state index in [1.807, 2.05) is 13.0 Å². The second-order valence-electron chi connectivity index (χ2n) is 4.61. The number of nitriles is 1. The van der Waals surface area contributed by atoms with E-state index >= 15 is 0 Å². The molecule has 0 aliphatic carbocycles. The SMILES string of the molecule is Cc1cc(C#N)nc(N(Cc2cccs2)C(C)C)n1. The van der Waals surface area contributed by atoms with Gasteiger partial charge in [-0.15, -0.1) is 11.3 Å². The minimum absolute atomic E-state index is 0.274. The maximum absolute atomic E-state index is 9.01. The summed E-state index contributed by atoms with van der Waals surface area (Å²) in [5.74, 6) is 0.625. The lowest BCUT2D eigenvalue weighted by atomic mass is 10.3. The molecule has 0 bridgehead atoms. The number of hydrogen-bond donors (Lipinski definition) is 0. The van der Waals surface area contributed by atoms with Gasteiger partial charge in [0.15, 0.2) is 0 Å². The Kier molecular flexibility index (Phi) is 4.13. The highest BCUT2D eigenvalue weighted by Gasteiger charge is 2.15. The average Bonchev–Trinajstić information content (AvgIpc) is 2.87. The monoisotopic (exact) mass is 272 g/mol. The molecule has 2 rings (SSSR count). The molecule has 4 nitrogen and oxygen atoms in total. The van der Waals surface area contributed by atoms with Crippen LogP contribution in [-0.4, -0.2) is 16.0 Å². The number of thiophene rings is 1. The van der Waals surface area contributed by atoms with Gasteiger partial charge in [-0.25, -0.2) is 9.97 Å². The lowest BCUT2D eigenvalue weighted by Crippen LogP contribution is -2.31. The van der Waals surface area contributed by atoms with Gasteiger partial charge in [0.05, 0.1) is 6.54 Å². The second-order valence-corrected chi connectivity index (χ2v) is 5.64. The molecule has 98 valence electrons. The molecule has 2 heterocycles. The fourth-order valence-electron chi connectivity index (χ4n) is 1.79. The normalized spacial score (nSPS) is 10.5. The number of aryl methyl sites for hydroxylation is 1. The minimum atomic E-state index is 0.274. The molecule has 0 fully saturated rings. The molecule has 0 spiro atoms. The van der Waals surface area contributed by atoms with Crippen LogP contribution < -0.4 is 4.90 Å². The van der Waals surface area contributed by atoms with Gasteiger partial charge < -0.3 is 4.90 Å². The van der Waals surface area contributed by atoms with Crippen LogP contribution in [-0.2, 0) is 6.54 Å². The van der Waals surface area contributed by atoms with Gasteiger partial charge in [0.25, 0.3) is 0 Å². The molecule has 0 aromatic carbocycles. The summed E-state index contributed by atoms with van der Waals surface area (Å²) >= 11 is 1.72. The van der Waals surface area contributed by atoms with Crippen molar-refractivity contribution in [3.8, 4) is 6.07 Å². The lowest BCUT2D eigenvalue weighted by molar-refractivity contribution is 0.662. The van der Waals surface area contributed by atoms with Crippen LogP contribution in [0.3, 0.4) is 0 Å². The van der Waals surface area contributed by atoms with E-state index in [0.717, 1.165) is 12.2 Å². The Morgan fingerprint density at radius 1 is 1.42 bits per heavy atom. The third-order valence-corrected chi connectivity index (χ3v) is 3.60. The average molecular weight is 272 g/mol. The predicted octanol–water partition coefficient (Wildman–Crippen LogP) is 3.13. The standard InChI is InChI=1S/C14H16N4S/c1-10(2)18(9-13-5-4-6-19-13)14-16-11(3)7-12(8-15)17-14/h4-7,10H,9H2,1-3H3. The maximum Gasteiger partial charge on any atom is 0.227 e. The summed E-state index contributed by atoms with van der Waals surface area (Å²) < 4.78 is 0. The lowest BCUT2D eigenvalue weighted by Gasteiger charge is -2.26. The van der Waals surface area contributed by atoms with Crippen LogP contribution in [0, 0.1) is 18.3 Å². The van der Waals surface area contributed by atoms with Crippen molar-refractivity contribution in [1.29, 1.82) is 5.26 Å². The van der Waals surface area contributed by atoms with Gasteiger partial charge >= 0.3 is 0 Å². The summed E-state index contributed by atoms with van der Waals surface area (Å²) in [6.45, 7) is 6.86. The molecular weight excluding hydrogens is 256 g/mol. The molecular formula is C14H16N4S. The van der Waals surface area contributed by atoms with Gasteiger partial charge in [-0.1, -0.05) is 6.07 Å². The molecule has 0 aliphatic rings. The van der Waals surface area contributed by atoms with Crippen molar-refractivity contribution in [2.24, 2.45) is 0 Å². The zero-order chi connectivity index (χ0) is 13.8. The van der Waals surface area contributed by atoms with E-state index in [4.69, 9.17) is 5.26 Å². The first-order valence-corrected chi connectivity index (χ1v) is 7.03. The molecule has 5 heteroatoms. The Hall–Kier alpha value is -1.93. The van der Waals surface area contributed by atoms with Crippen molar-refractivity contribution in [2.45, 2.75) is 33.4 Å². The highest BCUT2D eigenvalue weighted by atomic mass is 32.1. The molecule has 0 atom stereocenters. The number of nitrogens with zero attached hydrogens (tertiary/aromatic N) is 4. The zero-order valence-corrected chi connectivity index (χ0v) is 12.1. The van der Waals surface area contributed by atoms with Crippen LogP contribution in [0.25, 0.3) is 0 Å². The van der Waals surface area contributed by atoms with Crippen LogP contribution in [0.15, 0.2) is 23.6 Å². The highest BCUT2D eigenvalue weighted by Crippen LogP contribution is 2.19. The van der Waals surface area contributed by atoms with E-state index < -0.39 is 0 Å². The molecule has 0 radical (unpaired) electrons. The van der Waals surface area contributed by atoms with Gasteiger partial charge in [-0.3, -0.25) is 0 Å². The van der Waals surface area contributed by atoms with Gasteiger partial charge in [-0.2, -0.15) is 5.26 Å². The molecule has 0 N–H and O–H groups in total. The minimum Gasteiger partial charge on any atom is -0.333 e. The van der Waals surface area contributed by atoms with Crippen molar-refractivity contribution in [1.82, 2.24) is 9.97 Å². The van der Waals surface area contributed by atoms with E-state index in [-0.39, 0.29) is 6.04 Å². The Morgan fingerprint density at radius 2 is 2.21 bits per heavy atom. The van der Waals surface area contributed by atoms with E-state index in [2.05, 4.69) is 46.2 Å². The van der Waals surface area contributed by atoms with Crippen LogP contribution >= 0.6 is 11.3 Å². The summed E-state index contributed by atoms with van der Waals surface area (Å²) in [6.07, 6.45) is 0. The topological polar surface area (TPSA) is 52.8 Å². The van der Waals surface area contributed by atoms with Crippen LogP contribution in [0.5, 0.6) is 0 Å². The van der Waals surface area contributed by atoms with Crippen LogP contribution in [0.1, 0.15) is 30.1 Å². The van der Waals surface area contributed by atoms with Gasteiger partial charge in [0.2, 0.25) is 5.95 Å². The molecule has 2 aromatic heterocycles. The molecule has 19 heavy (non-hydrogen) atoms. The fourth-order valence-corrected chi connectivity index (χ4v) is 2.50. The molecule has 0 saturated heterocycles.